The van der Waals surface area contributed by atoms with Gasteiger partial charge in [-0.3, -0.25) is 0 Å². The van der Waals surface area contributed by atoms with Gasteiger partial charge >= 0.3 is 6.36 Å². The van der Waals surface area contributed by atoms with Crippen molar-refractivity contribution in [3.8, 4) is 18.2 Å². The number of nitrogens with zero attached hydrogens (tertiary/aromatic N) is 1. The molecular formula is C8H4F3NO. The molecule has 1 aromatic heterocycles. The highest BCUT2D eigenvalue weighted by Gasteiger charge is 2.31. The van der Waals surface area contributed by atoms with Gasteiger partial charge in [0.05, 0.1) is 0 Å². The Balaban J connectivity index is 2.86. The van der Waals surface area contributed by atoms with Crippen LogP contribution in [0.5, 0.6) is 5.88 Å². The Morgan fingerprint density at radius 3 is 2.62 bits per heavy atom. The van der Waals surface area contributed by atoms with Gasteiger partial charge in [-0.25, -0.2) is 4.98 Å². The summed E-state index contributed by atoms with van der Waals surface area (Å²) in [6.07, 6.45) is 0.197. The van der Waals surface area contributed by atoms with E-state index in [1.54, 1.807) is 0 Å². The van der Waals surface area contributed by atoms with Gasteiger partial charge in [0.25, 0.3) is 0 Å². The Morgan fingerprint density at radius 2 is 2.08 bits per heavy atom. The van der Waals surface area contributed by atoms with Crippen LogP contribution in [0, 0.1) is 12.3 Å². The highest BCUT2D eigenvalue weighted by Crippen LogP contribution is 2.20. The maximum atomic E-state index is 11.7. The van der Waals surface area contributed by atoms with Crippen LogP contribution < -0.4 is 4.74 Å². The van der Waals surface area contributed by atoms with E-state index in [2.05, 4.69) is 15.6 Å². The molecule has 13 heavy (non-hydrogen) atoms. The van der Waals surface area contributed by atoms with E-state index in [-0.39, 0.29) is 5.69 Å². The van der Waals surface area contributed by atoms with Crippen molar-refractivity contribution in [3.05, 3.63) is 23.9 Å². The molecule has 0 N–H and O–H groups in total. The van der Waals surface area contributed by atoms with Crippen LogP contribution in [0.3, 0.4) is 0 Å². The highest BCUT2D eigenvalue weighted by molar-refractivity contribution is 5.27. The van der Waals surface area contributed by atoms with Gasteiger partial charge in [0.15, 0.2) is 0 Å². The number of hydrogen-bond donors (Lipinski definition) is 0. The molecule has 68 valence electrons. The van der Waals surface area contributed by atoms with E-state index in [1.807, 2.05) is 0 Å². The third kappa shape index (κ3) is 3.03. The minimum atomic E-state index is -4.74. The average molecular weight is 187 g/mol. The van der Waals surface area contributed by atoms with Crippen molar-refractivity contribution < 1.29 is 17.9 Å². The van der Waals surface area contributed by atoms with Gasteiger partial charge < -0.3 is 4.74 Å². The topological polar surface area (TPSA) is 22.1 Å². The summed E-state index contributed by atoms with van der Waals surface area (Å²) < 4.78 is 38.5. The summed E-state index contributed by atoms with van der Waals surface area (Å²) in [4.78, 5) is 3.40. The van der Waals surface area contributed by atoms with Crippen molar-refractivity contribution in [1.82, 2.24) is 4.98 Å². The van der Waals surface area contributed by atoms with Gasteiger partial charge in [-0.05, 0) is 6.07 Å². The van der Waals surface area contributed by atoms with Crippen molar-refractivity contribution in [2.45, 2.75) is 6.36 Å². The molecule has 0 aliphatic rings. The van der Waals surface area contributed by atoms with Crippen LogP contribution in [0.4, 0.5) is 13.2 Å². The second-order valence-corrected chi connectivity index (χ2v) is 2.05. The summed E-state index contributed by atoms with van der Waals surface area (Å²) in [5.41, 5.74) is 0.0988. The first kappa shape index (κ1) is 9.39. The molecule has 0 fully saturated rings. The molecule has 0 aliphatic heterocycles. The molecule has 0 radical (unpaired) electrons. The minimum Gasteiger partial charge on any atom is -0.388 e. The molecule has 0 amide bonds. The van der Waals surface area contributed by atoms with Crippen LogP contribution in [-0.4, -0.2) is 11.3 Å². The molecule has 1 heterocycles. The lowest BCUT2D eigenvalue weighted by Gasteiger charge is -2.06. The van der Waals surface area contributed by atoms with Crippen molar-refractivity contribution in [1.29, 1.82) is 0 Å². The van der Waals surface area contributed by atoms with Crippen molar-refractivity contribution in [2.75, 3.05) is 0 Å². The number of ether oxygens (including phenoxy) is 1. The van der Waals surface area contributed by atoms with E-state index in [0.29, 0.717) is 0 Å². The van der Waals surface area contributed by atoms with Gasteiger partial charge in [-0.2, -0.15) is 0 Å². The Bertz CT molecular complexity index is 340. The summed E-state index contributed by atoms with van der Waals surface area (Å²) >= 11 is 0. The summed E-state index contributed by atoms with van der Waals surface area (Å²) in [6.45, 7) is 0. The standard InChI is InChI=1S/C8H4F3NO/c1-2-6-4-3-5-7(12-6)13-8(9,10)11/h1,3-5H. The smallest absolute Gasteiger partial charge is 0.388 e. The molecule has 0 unspecified atom stereocenters. The molecule has 1 aromatic rings. The molecular weight excluding hydrogens is 183 g/mol. The molecule has 2 nitrogen and oxygen atoms in total. The van der Waals surface area contributed by atoms with Crippen LogP contribution in [0.2, 0.25) is 0 Å². The van der Waals surface area contributed by atoms with E-state index in [0.717, 1.165) is 6.07 Å². The zero-order valence-electron chi connectivity index (χ0n) is 6.30. The maximum absolute atomic E-state index is 11.7. The van der Waals surface area contributed by atoms with Gasteiger partial charge in [0.1, 0.15) is 5.69 Å². The Labute approximate surface area is 72.4 Å². The van der Waals surface area contributed by atoms with E-state index in [9.17, 15) is 13.2 Å². The number of hydrogen-bond acceptors (Lipinski definition) is 2. The van der Waals surface area contributed by atoms with Crippen LogP contribution in [-0.2, 0) is 0 Å². The number of rotatable bonds is 1. The van der Waals surface area contributed by atoms with Crippen LogP contribution in [0.25, 0.3) is 0 Å². The third-order valence-electron chi connectivity index (χ3n) is 1.09. The second kappa shape index (κ2) is 3.35. The lowest BCUT2D eigenvalue weighted by molar-refractivity contribution is -0.276. The number of terminal acetylenes is 1. The molecule has 5 heteroatoms. The fraction of sp³-hybridized carbons (Fsp3) is 0.125. The first-order chi connectivity index (χ1) is 6.01. The summed E-state index contributed by atoms with van der Waals surface area (Å²) in [7, 11) is 0. The zero-order valence-corrected chi connectivity index (χ0v) is 6.30. The Kier molecular flexibility index (Phi) is 2.42. The van der Waals surface area contributed by atoms with Gasteiger partial charge in [-0.15, -0.1) is 19.6 Å². The predicted molar refractivity (Wildman–Crippen MR) is 38.9 cm³/mol. The van der Waals surface area contributed by atoms with Gasteiger partial charge in [-0.1, -0.05) is 12.0 Å². The van der Waals surface area contributed by atoms with Crippen molar-refractivity contribution >= 4 is 0 Å². The first-order valence-corrected chi connectivity index (χ1v) is 3.21. The largest absolute Gasteiger partial charge is 0.574 e. The van der Waals surface area contributed by atoms with E-state index < -0.39 is 12.2 Å². The van der Waals surface area contributed by atoms with E-state index in [1.165, 1.54) is 12.1 Å². The third-order valence-corrected chi connectivity index (χ3v) is 1.09. The first-order valence-electron chi connectivity index (χ1n) is 3.21. The van der Waals surface area contributed by atoms with Crippen LogP contribution in [0.1, 0.15) is 5.69 Å². The second-order valence-electron chi connectivity index (χ2n) is 2.05. The molecule has 0 saturated heterocycles. The zero-order chi connectivity index (χ0) is 9.90. The quantitative estimate of drug-likeness (QED) is 0.627. The molecule has 0 spiro atoms. The SMILES string of the molecule is C#Cc1cccc(OC(F)(F)F)n1. The van der Waals surface area contributed by atoms with Crippen molar-refractivity contribution in [3.63, 3.8) is 0 Å². The van der Waals surface area contributed by atoms with Crippen LogP contribution >= 0.6 is 0 Å². The molecule has 1 rings (SSSR count). The number of halogens is 3. The lowest BCUT2D eigenvalue weighted by atomic mass is 10.4. The maximum Gasteiger partial charge on any atom is 0.574 e. The summed E-state index contributed by atoms with van der Waals surface area (Å²) in [5, 5.41) is 0. The van der Waals surface area contributed by atoms with Crippen molar-refractivity contribution in [2.24, 2.45) is 0 Å². The van der Waals surface area contributed by atoms with E-state index >= 15 is 0 Å². The monoisotopic (exact) mass is 187 g/mol. The fourth-order valence-corrected chi connectivity index (χ4v) is 0.671. The molecule has 0 atom stereocenters. The van der Waals surface area contributed by atoms with Crippen LogP contribution in [0.15, 0.2) is 18.2 Å². The number of aromatic nitrogens is 1. The predicted octanol–water partition coefficient (Wildman–Crippen LogP) is 1.96. The Morgan fingerprint density at radius 1 is 1.38 bits per heavy atom. The highest BCUT2D eigenvalue weighted by atomic mass is 19.4. The Hall–Kier alpha value is -1.70. The molecule has 0 aliphatic carbocycles. The molecule has 0 aromatic carbocycles. The molecule has 0 saturated carbocycles. The van der Waals surface area contributed by atoms with Gasteiger partial charge in [0, 0.05) is 6.07 Å². The average Bonchev–Trinajstić information content (AvgIpc) is 2.01. The summed E-state index contributed by atoms with van der Waals surface area (Å²) in [6, 6.07) is 3.82. The van der Waals surface area contributed by atoms with E-state index in [4.69, 9.17) is 6.42 Å². The molecule has 0 bridgehead atoms. The minimum absolute atomic E-state index is 0.0988. The number of alkyl halides is 3. The fourth-order valence-electron chi connectivity index (χ4n) is 0.671. The summed E-state index contributed by atoms with van der Waals surface area (Å²) in [5.74, 6) is 1.54. The lowest BCUT2D eigenvalue weighted by Crippen LogP contribution is -2.17. The number of pyridine rings is 1. The normalized spacial score (nSPS) is 10.6. The van der Waals surface area contributed by atoms with Gasteiger partial charge in [0.2, 0.25) is 5.88 Å².